The molecule has 0 heterocycles. The van der Waals surface area contributed by atoms with E-state index in [4.69, 9.17) is 16.3 Å². The van der Waals surface area contributed by atoms with Crippen molar-refractivity contribution in [2.24, 2.45) is 0 Å². The average molecular weight is 321 g/mol. The number of likely N-dealkylation sites (N-methyl/N-ethyl adjacent to an activating group) is 1. The molecule has 0 fully saturated rings. The summed E-state index contributed by atoms with van der Waals surface area (Å²) in [5.41, 5.74) is -3.29. The van der Waals surface area contributed by atoms with Crippen LogP contribution in [0.1, 0.15) is 27.7 Å². The van der Waals surface area contributed by atoms with Crippen LogP contribution in [0, 0.1) is 0 Å². The Hall–Kier alpha value is -1.63. The maximum atomic E-state index is 12.4. The predicted octanol–water partition coefficient (Wildman–Crippen LogP) is 0.0991. The van der Waals surface area contributed by atoms with Crippen molar-refractivity contribution in [3.63, 3.8) is 0 Å². The van der Waals surface area contributed by atoms with Crippen molar-refractivity contribution in [2.45, 2.75) is 38.8 Å². The van der Waals surface area contributed by atoms with Gasteiger partial charge in [-0.3, -0.25) is 19.2 Å². The number of carbonyl (C=O) groups excluding carboxylic acids is 4. The van der Waals surface area contributed by atoms with Gasteiger partial charge in [0.05, 0.1) is 0 Å². The quantitative estimate of drug-likeness (QED) is 0.440. The van der Waals surface area contributed by atoms with Crippen LogP contribution in [-0.2, 0) is 23.9 Å². The number of nitrogens with zero attached hydrogens (tertiary/aromatic N) is 1. The molecule has 0 aliphatic rings. The lowest BCUT2D eigenvalue weighted by Crippen LogP contribution is -2.65. The first-order valence-corrected chi connectivity index (χ1v) is 6.75. The van der Waals surface area contributed by atoms with Crippen molar-refractivity contribution in [1.82, 2.24) is 10.2 Å². The molecule has 0 aliphatic carbocycles. The molecule has 1 atom stereocenters. The van der Waals surface area contributed by atoms with E-state index in [2.05, 4.69) is 5.32 Å². The highest BCUT2D eigenvalue weighted by Gasteiger charge is 2.56. The number of ether oxygens (including phenoxy) is 1. The van der Waals surface area contributed by atoms with Crippen LogP contribution < -0.4 is 5.32 Å². The van der Waals surface area contributed by atoms with Crippen molar-refractivity contribution in [3.8, 4) is 0 Å². The Morgan fingerprint density at radius 2 is 1.62 bits per heavy atom. The highest BCUT2D eigenvalue weighted by atomic mass is 35.5. The van der Waals surface area contributed by atoms with Crippen LogP contribution in [0.15, 0.2) is 0 Å². The zero-order valence-electron chi connectivity index (χ0n) is 13.1. The molecular formula is C13H21ClN2O5. The van der Waals surface area contributed by atoms with Gasteiger partial charge in [-0.2, -0.15) is 0 Å². The largest absolute Gasteiger partial charge is 0.429 e. The molecule has 0 aromatic rings. The Morgan fingerprint density at radius 3 is 1.90 bits per heavy atom. The van der Waals surface area contributed by atoms with Crippen LogP contribution in [0.2, 0.25) is 0 Å². The van der Waals surface area contributed by atoms with Gasteiger partial charge in [-0.1, -0.05) is 0 Å². The first-order valence-electron chi connectivity index (χ1n) is 6.21. The lowest BCUT2D eigenvalue weighted by molar-refractivity contribution is -0.180. The third-order valence-corrected chi connectivity index (χ3v) is 2.61. The Labute approximate surface area is 128 Å². The number of hydrogen-bond donors (Lipinski definition) is 1. The molecule has 0 saturated carbocycles. The molecule has 0 bridgehead atoms. The number of alkyl halides is 1. The number of amides is 2. The Balaban J connectivity index is 5.92. The molecule has 2 amide bonds. The summed E-state index contributed by atoms with van der Waals surface area (Å²) < 4.78 is 4.86. The molecular weight excluding hydrogens is 300 g/mol. The minimum atomic E-state index is -2.57. The van der Waals surface area contributed by atoms with Gasteiger partial charge in [-0.15, -0.1) is 11.6 Å². The molecule has 0 aliphatic heterocycles. The van der Waals surface area contributed by atoms with Gasteiger partial charge in [0.25, 0.3) is 11.8 Å². The summed E-state index contributed by atoms with van der Waals surface area (Å²) in [6.45, 7) is 6.00. The van der Waals surface area contributed by atoms with Crippen LogP contribution in [0.25, 0.3) is 0 Å². The van der Waals surface area contributed by atoms with Crippen LogP contribution in [-0.4, -0.2) is 59.6 Å². The Bertz CT molecular complexity index is 456. The van der Waals surface area contributed by atoms with Crippen LogP contribution in [0.3, 0.4) is 0 Å². The standard InChI is InChI=1S/C13H21ClN2O5/c1-8(17)13(11(20)16(5)6,21-9(18)7-14)10(19)15-12(2,3)4/h7H2,1-6H3,(H,15,19). The SMILES string of the molecule is CC(=O)C(OC(=O)CCl)(C(=O)NC(C)(C)C)C(=O)N(C)C. The van der Waals surface area contributed by atoms with E-state index in [0.29, 0.717) is 0 Å². The molecule has 0 rings (SSSR count). The number of halogens is 1. The van der Waals surface area contributed by atoms with Crippen molar-refractivity contribution in [1.29, 1.82) is 0 Å². The number of Topliss-reactive ketones (excluding diaryl/α,β-unsaturated/α-hetero) is 1. The number of carbonyl (C=O) groups is 4. The first-order chi connectivity index (χ1) is 9.38. The Kier molecular flexibility index (Phi) is 6.35. The lowest BCUT2D eigenvalue weighted by Gasteiger charge is -2.33. The summed E-state index contributed by atoms with van der Waals surface area (Å²) in [6, 6.07) is 0. The summed E-state index contributed by atoms with van der Waals surface area (Å²) in [5.74, 6) is -4.47. The Morgan fingerprint density at radius 1 is 1.14 bits per heavy atom. The van der Waals surface area contributed by atoms with E-state index >= 15 is 0 Å². The van der Waals surface area contributed by atoms with Crippen molar-refractivity contribution < 1.29 is 23.9 Å². The summed E-state index contributed by atoms with van der Waals surface area (Å²) in [6.07, 6.45) is 0. The van der Waals surface area contributed by atoms with Crippen LogP contribution in [0.4, 0.5) is 0 Å². The minimum Gasteiger partial charge on any atom is -0.429 e. The normalized spacial score (nSPS) is 13.9. The van der Waals surface area contributed by atoms with Gasteiger partial charge in [0.15, 0.2) is 5.78 Å². The van der Waals surface area contributed by atoms with Gasteiger partial charge in [-0.25, -0.2) is 0 Å². The van der Waals surface area contributed by atoms with E-state index in [9.17, 15) is 19.2 Å². The molecule has 0 spiro atoms. The molecule has 1 unspecified atom stereocenters. The number of hydrogen-bond acceptors (Lipinski definition) is 5. The van der Waals surface area contributed by atoms with Crippen LogP contribution >= 0.6 is 11.6 Å². The highest BCUT2D eigenvalue weighted by Crippen LogP contribution is 2.19. The monoisotopic (exact) mass is 320 g/mol. The smallest absolute Gasteiger partial charge is 0.323 e. The second-order valence-corrected chi connectivity index (χ2v) is 6.02. The molecule has 7 nitrogen and oxygen atoms in total. The maximum absolute atomic E-state index is 12.4. The van der Waals surface area contributed by atoms with E-state index in [1.807, 2.05) is 0 Å². The zero-order chi connectivity index (χ0) is 17.0. The summed E-state index contributed by atoms with van der Waals surface area (Å²) >= 11 is 5.34. The van der Waals surface area contributed by atoms with Crippen molar-refractivity contribution in [3.05, 3.63) is 0 Å². The van der Waals surface area contributed by atoms with E-state index in [-0.39, 0.29) is 0 Å². The molecule has 120 valence electrons. The van der Waals surface area contributed by atoms with Gasteiger partial charge in [-0.05, 0) is 27.7 Å². The fraction of sp³-hybridized carbons (Fsp3) is 0.692. The van der Waals surface area contributed by atoms with Gasteiger partial charge in [0, 0.05) is 19.6 Å². The number of nitrogens with one attached hydrogen (secondary N) is 1. The third kappa shape index (κ3) is 4.70. The van der Waals surface area contributed by atoms with E-state index in [1.165, 1.54) is 14.1 Å². The van der Waals surface area contributed by atoms with Crippen LogP contribution in [0.5, 0.6) is 0 Å². The van der Waals surface area contributed by atoms with Crippen molar-refractivity contribution in [2.75, 3.05) is 20.0 Å². The first kappa shape index (κ1) is 19.4. The van der Waals surface area contributed by atoms with Crippen molar-refractivity contribution >= 4 is 35.2 Å². The fourth-order valence-corrected chi connectivity index (χ4v) is 1.57. The van der Waals surface area contributed by atoms with Gasteiger partial charge < -0.3 is 15.0 Å². The minimum absolute atomic E-state index is 0.585. The molecule has 21 heavy (non-hydrogen) atoms. The lowest BCUT2D eigenvalue weighted by atomic mass is 9.94. The topological polar surface area (TPSA) is 92.8 Å². The molecule has 8 heteroatoms. The van der Waals surface area contributed by atoms with E-state index in [0.717, 1.165) is 11.8 Å². The molecule has 0 aromatic heterocycles. The third-order valence-electron chi connectivity index (χ3n) is 2.39. The summed E-state index contributed by atoms with van der Waals surface area (Å²) in [5, 5.41) is 2.48. The number of rotatable bonds is 5. The molecule has 0 radical (unpaired) electrons. The predicted molar refractivity (Wildman–Crippen MR) is 76.8 cm³/mol. The second-order valence-electron chi connectivity index (χ2n) is 5.75. The van der Waals surface area contributed by atoms with Gasteiger partial charge >= 0.3 is 11.6 Å². The summed E-state index contributed by atoms with van der Waals surface area (Å²) in [7, 11) is 2.69. The highest BCUT2D eigenvalue weighted by molar-refractivity contribution is 6.30. The average Bonchev–Trinajstić information content (AvgIpc) is 2.31. The number of ketones is 1. The second kappa shape index (κ2) is 6.89. The number of esters is 1. The van der Waals surface area contributed by atoms with E-state index in [1.54, 1.807) is 20.8 Å². The maximum Gasteiger partial charge on any atom is 0.323 e. The molecule has 1 N–H and O–H groups in total. The fourth-order valence-electron chi connectivity index (χ4n) is 1.51. The van der Waals surface area contributed by atoms with Gasteiger partial charge in [0.2, 0.25) is 0 Å². The van der Waals surface area contributed by atoms with Gasteiger partial charge in [0.1, 0.15) is 5.88 Å². The zero-order valence-corrected chi connectivity index (χ0v) is 13.8. The molecule has 0 saturated heterocycles. The summed E-state index contributed by atoms with van der Waals surface area (Å²) in [4.78, 5) is 49.2. The molecule has 0 aromatic carbocycles. The van der Waals surface area contributed by atoms with E-state index < -0.39 is 40.6 Å².